The molecule has 1 aromatic heterocycles. The molecule has 10 heteroatoms. The molecule has 3 amide bonds. The van der Waals surface area contributed by atoms with Crippen molar-refractivity contribution in [1.29, 1.82) is 0 Å². The number of carbonyl (C=O) groups excluding carboxylic acids is 3. The molecule has 1 aliphatic carbocycles. The molecule has 3 atom stereocenters. The van der Waals surface area contributed by atoms with Gasteiger partial charge in [-0.1, -0.05) is 44.0 Å². The summed E-state index contributed by atoms with van der Waals surface area (Å²) in [5.41, 5.74) is 0.316. The van der Waals surface area contributed by atoms with Crippen LogP contribution in [0, 0.1) is 18.8 Å². The molecule has 2 N–H and O–H groups in total. The lowest BCUT2D eigenvalue weighted by Crippen LogP contribution is -2.49. The van der Waals surface area contributed by atoms with E-state index in [1.165, 1.54) is 11.8 Å². The molecular weight excluding hydrogens is 432 g/mol. The van der Waals surface area contributed by atoms with Crippen LogP contribution in [0.15, 0.2) is 33.7 Å². The first-order chi connectivity index (χ1) is 15.3. The lowest BCUT2D eigenvalue weighted by Gasteiger charge is -2.34. The Hall–Kier alpha value is -2.88. The van der Waals surface area contributed by atoms with Gasteiger partial charge in [0.1, 0.15) is 0 Å². The highest BCUT2D eigenvalue weighted by atomic mass is 32.2. The molecule has 0 spiro atoms. The van der Waals surface area contributed by atoms with Crippen LogP contribution in [-0.4, -0.2) is 40.7 Å². The molecule has 9 nitrogen and oxygen atoms in total. The van der Waals surface area contributed by atoms with E-state index in [1.54, 1.807) is 31.2 Å². The smallest absolute Gasteiger partial charge is 0.339 e. The van der Waals surface area contributed by atoms with Gasteiger partial charge >= 0.3 is 12.0 Å². The SMILES string of the molecule is Cc1noc(CSc2ccccc2C(=O)OCC(=O)NC(=O)N[C@@H]2CCC[C@@H](C)[C@H]2C)n1. The van der Waals surface area contributed by atoms with Crippen LogP contribution in [0.3, 0.4) is 0 Å². The highest BCUT2D eigenvalue weighted by Gasteiger charge is 2.28. The van der Waals surface area contributed by atoms with Crippen molar-refractivity contribution in [3.05, 3.63) is 41.5 Å². The molecule has 1 aromatic carbocycles. The van der Waals surface area contributed by atoms with Gasteiger partial charge in [0.2, 0.25) is 5.89 Å². The quantitative estimate of drug-likeness (QED) is 0.475. The normalized spacial score (nSPS) is 20.4. The van der Waals surface area contributed by atoms with E-state index in [4.69, 9.17) is 9.26 Å². The van der Waals surface area contributed by atoms with Crippen LogP contribution >= 0.6 is 11.8 Å². The van der Waals surface area contributed by atoms with Gasteiger partial charge in [-0.3, -0.25) is 10.1 Å². The third-order valence-electron chi connectivity index (χ3n) is 5.64. The summed E-state index contributed by atoms with van der Waals surface area (Å²) < 4.78 is 10.2. The minimum absolute atomic E-state index is 0.0284. The van der Waals surface area contributed by atoms with Crippen LogP contribution in [0.5, 0.6) is 0 Å². The second-order valence-electron chi connectivity index (χ2n) is 7.99. The van der Waals surface area contributed by atoms with Crippen LogP contribution in [0.25, 0.3) is 0 Å². The Morgan fingerprint density at radius 2 is 2.00 bits per heavy atom. The number of esters is 1. The zero-order valence-corrected chi connectivity index (χ0v) is 19.2. The molecule has 1 aliphatic rings. The number of amides is 3. The molecule has 2 aromatic rings. The van der Waals surface area contributed by atoms with Crippen LogP contribution < -0.4 is 10.6 Å². The predicted molar refractivity (Wildman–Crippen MR) is 118 cm³/mol. The minimum Gasteiger partial charge on any atom is -0.452 e. The zero-order valence-electron chi connectivity index (χ0n) is 18.4. The Morgan fingerprint density at radius 3 is 2.75 bits per heavy atom. The second-order valence-corrected chi connectivity index (χ2v) is 9.01. The number of ether oxygens (including phenoxy) is 1. The van der Waals surface area contributed by atoms with Gasteiger partial charge in [0, 0.05) is 10.9 Å². The first kappa shape index (κ1) is 23.8. The van der Waals surface area contributed by atoms with Gasteiger partial charge in [0.05, 0.1) is 11.3 Å². The summed E-state index contributed by atoms with van der Waals surface area (Å²) in [4.78, 5) is 41.5. The van der Waals surface area contributed by atoms with E-state index >= 15 is 0 Å². The lowest BCUT2D eigenvalue weighted by molar-refractivity contribution is -0.123. The number of urea groups is 1. The number of nitrogens with one attached hydrogen (secondary N) is 2. The number of nitrogens with zero attached hydrogens (tertiary/aromatic N) is 2. The number of imide groups is 1. The Morgan fingerprint density at radius 1 is 1.22 bits per heavy atom. The molecule has 1 fully saturated rings. The number of carbonyl (C=O) groups is 3. The van der Waals surface area contributed by atoms with Crippen LogP contribution in [0.1, 0.15) is 55.2 Å². The van der Waals surface area contributed by atoms with Gasteiger partial charge in [-0.05, 0) is 37.3 Å². The maximum absolute atomic E-state index is 12.5. The number of hydrogen-bond donors (Lipinski definition) is 2. The highest BCUT2D eigenvalue weighted by molar-refractivity contribution is 7.98. The van der Waals surface area contributed by atoms with Crippen molar-refractivity contribution in [3.8, 4) is 0 Å². The van der Waals surface area contributed by atoms with Crippen molar-refractivity contribution in [2.75, 3.05) is 6.61 Å². The Balaban J connectivity index is 1.47. The lowest BCUT2D eigenvalue weighted by atomic mass is 9.78. The molecule has 32 heavy (non-hydrogen) atoms. The molecular formula is C22H28N4O5S. The van der Waals surface area contributed by atoms with E-state index in [9.17, 15) is 14.4 Å². The van der Waals surface area contributed by atoms with Gasteiger partial charge in [-0.25, -0.2) is 9.59 Å². The monoisotopic (exact) mass is 460 g/mol. The molecule has 1 heterocycles. The standard InChI is InChI=1S/C22H28N4O5S/c1-13-7-6-9-17(14(13)2)24-22(29)25-19(27)11-30-21(28)16-8-4-5-10-18(16)32-12-20-23-15(3)26-31-20/h4-5,8,10,13-14,17H,6-7,9,11-12H2,1-3H3,(H2,24,25,27,29)/t13-,14-,17-/m1/s1. The summed E-state index contributed by atoms with van der Waals surface area (Å²) in [7, 11) is 0. The first-order valence-electron chi connectivity index (χ1n) is 10.6. The molecule has 0 radical (unpaired) electrons. The fourth-order valence-corrected chi connectivity index (χ4v) is 4.54. The van der Waals surface area contributed by atoms with Gasteiger partial charge in [-0.2, -0.15) is 4.98 Å². The molecule has 0 bridgehead atoms. The molecule has 0 saturated heterocycles. The fourth-order valence-electron chi connectivity index (χ4n) is 3.66. The minimum atomic E-state index is -0.682. The number of thioether (sulfide) groups is 1. The third kappa shape index (κ3) is 6.56. The third-order valence-corrected chi connectivity index (χ3v) is 6.70. The number of rotatable bonds is 7. The van der Waals surface area contributed by atoms with Gasteiger partial charge in [0.25, 0.3) is 5.91 Å². The van der Waals surface area contributed by atoms with Crippen LogP contribution in [0.2, 0.25) is 0 Å². The van der Waals surface area contributed by atoms with Gasteiger partial charge < -0.3 is 14.6 Å². The fraction of sp³-hybridized carbons (Fsp3) is 0.500. The summed E-state index contributed by atoms with van der Waals surface area (Å²) in [5, 5.41) is 8.83. The predicted octanol–water partition coefficient (Wildman–Crippen LogP) is 3.48. The van der Waals surface area contributed by atoms with Crippen LogP contribution in [-0.2, 0) is 15.3 Å². The number of aryl methyl sites for hydroxylation is 1. The summed E-state index contributed by atoms with van der Waals surface area (Å²) in [6.45, 7) is 5.45. The number of benzene rings is 1. The molecule has 172 valence electrons. The summed E-state index contributed by atoms with van der Waals surface area (Å²) in [5.74, 6) is 0.904. The Labute approximate surface area is 191 Å². The summed E-state index contributed by atoms with van der Waals surface area (Å²) in [6.07, 6.45) is 3.08. The van der Waals surface area contributed by atoms with Crippen molar-refractivity contribution in [3.63, 3.8) is 0 Å². The highest BCUT2D eigenvalue weighted by Crippen LogP contribution is 2.29. The first-order valence-corrected chi connectivity index (χ1v) is 11.6. The molecule has 3 rings (SSSR count). The second kappa shape index (κ2) is 11.1. The van der Waals surface area contributed by atoms with E-state index in [0.29, 0.717) is 39.8 Å². The van der Waals surface area contributed by atoms with Crippen molar-refractivity contribution in [2.45, 2.75) is 56.7 Å². The van der Waals surface area contributed by atoms with E-state index in [-0.39, 0.29) is 6.04 Å². The van der Waals surface area contributed by atoms with Crippen molar-refractivity contribution in [2.24, 2.45) is 11.8 Å². The van der Waals surface area contributed by atoms with Gasteiger partial charge in [-0.15, -0.1) is 11.8 Å². The summed E-state index contributed by atoms with van der Waals surface area (Å²) in [6, 6.07) is 6.34. The summed E-state index contributed by atoms with van der Waals surface area (Å²) >= 11 is 1.34. The van der Waals surface area contributed by atoms with Gasteiger partial charge in [0.15, 0.2) is 12.4 Å². The number of hydrogen-bond acceptors (Lipinski definition) is 8. The topological polar surface area (TPSA) is 123 Å². The van der Waals surface area contributed by atoms with Crippen LogP contribution in [0.4, 0.5) is 4.79 Å². The van der Waals surface area contributed by atoms with E-state index in [0.717, 1.165) is 19.3 Å². The van der Waals surface area contributed by atoms with Crippen molar-refractivity contribution >= 4 is 29.7 Å². The average molecular weight is 461 g/mol. The molecule has 1 saturated carbocycles. The largest absolute Gasteiger partial charge is 0.452 e. The Kier molecular flexibility index (Phi) is 8.26. The average Bonchev–Trinajstić information content (AvgIpc) is 3.19. The maximum Gasteiger partial charge on any atom is 0.339 e. The maximum atomic E-state index is 12.5. The van der Waals surface area contributed by atoms with Crippen molar-refractivity contribution in [1.82, 2.24) is 20.8 Å². The van der Waals surface area contributed by atoms with Crippen molar-refractivity contribution < 1.29 is 23.6 Å². The van der Waals surface area contributed by atoms with E-state index in [2.05, 4.69) is 34.6 Å². The molecule has 0 unspecified atom stereocenters. The van der Waals surface area contributed by atoms with E-state index < -0.39 is 24.5 Å². The zero-order chi connectivity index (χ0) is 23.1. The number of aromatic nitrogens is 2. The Bertz CT molecular complexity index is 963. The van der Waals surface area contributed by atoms with E-state index in [1.807, 2.05) is 0 Å². The molecule has 0 aliphatic heterocycles.